The summed E-state index contributed by atoms with van der Waals surface area (Å²) in [7, 11) is 0. The first kappa shape index (κ1) is 16.9. The predicted molar refractivity (Wildman–Crippen MR) is 75.7 cm³/mol. The molecule has 0 saturated carbocycles. The Morgan fingerprint density at radius 2 is 1.95 bits per heavy atom. The number of hydrogen-bond donors (Lipinski definition) is 1. The summed E-state index contributed by atoms with van der Waals surface area (Å²) in [5.74, 6) is -1.90. The number of hydrogen-bond acceptors (Lipinski definition) is 4. The van der Waals surface area contributed by atoms with Crippen molar-refractivity contribution in [2.45, 2.75) is 38.3 Å². The molecule has 20 heavy (non-hydrogen) atoms. The lowest BCUT2D eigenvalue weighted by molar-refractivity contribution is -0.139. The van der Waals surface area contributed by atoms with Crippen LogP contribution in [0.3, 0.4) is 0 Å². The zero-order valence-electron chi connectivity index (χ0n) is 11.8. The number of halogens is 2. The van der Waals surface area contributed by atoms with Gasteiger partial charge in [-0.2, -0.15) is 0 Å². The molecule has 0 spiro atoms. The van der Waals surface area contributed by atoms with E-state index in [0.717, 1.165) is 11.8 Å². The molecule has 0 atom stereocenters. The molecule has 0 bridgehead atoms. The molecule has 1 N–H and O–H groups in total. The van der Waals surface area contributed by atoms with Crippen molar-refractivity contribution in [3.63, 3.8) is 0 Å². The maximum absolute atomic E-state index is 13.8. The fourth-order valence-corrected chi connectivity index (χ4v) is 2.25. The first-order valence-electron chi connectivity index (χ1n) is 6.43. The zero-order valence-corrected chi connectivity index (χ0v) is 12.7. The van der Waals surface area contributed by atoms with E-state index in [-0.39, 0.29) is 23.3 Å². The van der Waals surface area contributed by atoms with Crippen LogP contribution in [0.1, 0.15) is 26.3 Å². The Balaban J connectivity index is 2.71. The third-order valence-corrected chi connectivity index (χ3v) is 3.47. The van der Waals surface area contributed by atoms with Crippen molar-refractivity contribution in [3.8, 4) is 0 Å². The summed E-state index contributed by atoms with van der Waals surface area (Å²) in [6.45, 7) is 6.24. The number of benzene rings is 1. The molecule has 0 radical (unpaired) electrons. The lowest BCUT2D eigenvalue weighted by Gasteiger charge is -2.10. The van der Waals surface area contributed by atoms with Gasteiger partial charge in [0.05, 0.1) is 17.3 Å². The molecule has 6 heteroatoms. The van der Waals surface area contributed by atoms with Gasteiger partial charge in [0.15, 0.2) is 0 Å². The van der Waals surface area contributed by atoms with Crippen molar-refractivity contribution in [1.29, 1.82) is 0 Å². The van der Waals surface area contributed by atoms with Gasteiger partial charge in [0.2, 0.25) is 0 Å². The second-order valence-electron chi connectivity index (χ2n) is 4.52. The smallest absolute Gasteiger partial charge is 0.316 e. The molecule has 0 aliphatic carbocycles. The van der Waals surface area contributed by atoms with Gasteiger partial charge in [-0.3, -0.25) is 4.79 Å². The lowest BCUT2D eigenvalue weighted by atomic mass is 10.2. The monoisotopic (exact) mass is 303 g/mol. The number of esters is 1. The van der Waals surface area contributed by atoms with E-state index < -0.39 is 17.6 Å². The minimum atomic E-state index is -0.653. The van der Waals surface area contributed by atoms with E-state index in [1.54, 1.807) is 6.92 Å². The molecule has 0 saturated heterocycles. The molecule has 0 aromatic heterocycles. The number of carbonyl (C=O) groups excluding carboxylic acids is 1. The fourth-order valence-electron chi connectivity index (χ4n) is 1.51. The second kappa shape index (κ2) is 8.21. The third-order valence-electron chi connectivity index (χ3n) is 2.41. The minimum absolute atomic E-state index is 0.106. The van der Waals surface area contributed by atoms with Crippen molar-refractivity contribution in [2.75, 3.05) is 12.4 Å². The van der Waals surface area contributed by atoms with Crippen LogP contribution in [0.25, 0.3) is 0 Å². The highest BCUT2D eigenvalue weighted by molar-refractivity contribution is 8.00. The van der Waals surface area contributed by atoms with Gasteiger partial charge in [0.25, 0.3) is 0 Å². The molecule has 0 fully saturated rings. The first-order valence-corrected chi connectivity index (χ1v) is 7.42. The van der Waals surface area contributed by atoms with Gasteiger partial charge < -0.3 is 10.1 Å². The Hall–Kier alpha value is -1.14. The summed E-state index contributed by atoms with van der Waals surface area (Å²) in [5, 5.41) is 3.09. The maximum Gasteiger partial charge on any atom is 0.316 e. The highest BCUT2D eigenvalue weighted by Gasteiger charge is 2.14. The van der Waals surface area contributed by atoms with Gasteiger partial charge in [0, 0.05) is 12.6 Å². The number of thioether (sulfide) groups is 1. The summed E-state index contributed by atoms with van der Waals surface area (Å²) < 4.78 is 32.4. The molecule has 0 aliphatic heterocycles. The van der Waals surface area contributed by atoms with Crippen LogP contribution in [0.5, 0.6) is 0 Å². The predicted octanol–water partition coefficient (Wildman–Crippen LogP) is 3.12. The standard InChI is InChI=1S/C14H19F2NO2S/c1-4-19-13(18)8-20-14-11(15)5-10(6-12(14)16)7-17-9(2)3/h5-6,9,17H,4,7-8H2,1-3H3. The van der Waals surface area contributed by atoms with Crippen LogP contribution < -0.4 is 5.32 Å². The largest absolute Gasteiger partial charge is 0.465 e. The van der Waals surface area contributed by atoms with E-state index in [0.29, 0.717) is 12.1 Å². The van der Waals surface area contributed by atoms with Gasteiger partial charge in [-0.25, -0.2) is 8.78 Å². The van der Waals surface area contributed by atoms with Crippen LogP contribution in [0.4, 0.5) is 8.78 Å². The van der Waals surface area contributed by atoms with Crippen molar-refractivity contribution in [2.24, 2.45) is 0 Å². The minimum Gasteiger partial charge on any atom is -0.465 e. The molecule has 3 nitrogen and oxygen atoms in total. The Bertz CT molecular complexity index is 443. The van der Waals surface area contributed by atoms with E-state index in [1.165, 1.54) is 12.1 Å². The first-order chi connectivity index (χ1) is 9.43. The zero-order chi connectivity index (χ0) is 15.1. The maximum atomic E-state index is 13.8. The molecule has 0 aliphatic rings. The molecular formula is C14H19F2NO2S. The number of rotatable bonds is 7. The molecule has 112 valence electrons. The summed E-state index contributed by atoms with van der Waals surface area (Å²) >= 11 is 0.810. The van der Waals surface area contributed by atoms with Gasteiger partial charge in [0.1, 0.15) is 11.6 Å². The third kappa shape index (κ3) is 5.46. The molecular weight excluding hydrogens is 284 g/mol. The molecule has 1 aromatic carbocycles. The van der Waals surface area contributed by atoms with Gasteiger partial charge in [-0.05, 0) is 24.6 Å². The molecule has 1 aromatic rings. The van der Waals surface area contributed by atoms with Crippen LogP contribution >= 0.6 is 11.8 Å². The van der Waals surface area contributed by atoms with Crippen LogP contribution in [0.15, 0.2) is 17.0 Å². The Kier molecular flexibility index (Phi) is 6.95. The number of carbonyl (C=O) groups is 1. The van der Waals surface area contributed by atoms with Crippen LogP contribution in [-0.4, -0.2) is 24.4 Å². The highest BCUT2D eigenvalue weighted by Crippen LogP contribution is 2.26. The Labute approximate surface area is 122 Å². The molecule has 0 amide bonds. The molecule has 1 rings (SSSR count). The van der Waals surface area contributed by atoms with Crippen LogP contribution in [0, 0.1) is 11.6 Å². The summed E-state index contributed by atoms with van der Waals surface area (Å²) in [6.07, 6.45) is 0. The molecule has 0 heterocycles. The van der Waals surface area contributed by atoms with Crippen molar-refractivity contribution in [1.82, 2.24) is 5.32 Å². The van der Waals surface area contributed by atoms with Crippen molar-refractivity contribution in [3.05, 3.63) is 29.3 Å². The van der Waals surface area contributed by atoms with E-state index in [1.807, 2.05) is 13.8 Å². The van der Waals surface area contributed by atoms with E-state index >= 15 is 0 Å². The van der Waals surface area contributed by atoms with Crippen LogP contribution in [0.2, 0.25) is 0 Å². The number of ether oxygens (including phenoxy) is 1. The molecule has 0 unspecified atom stereocenters. The normalized spacial score (nSPS) is 10.9. The SMILES string of the molecule is CCOC(=O)CSc1c(F)cc(CNC(C)C)cc1F. The summed E-state index contributed by atoms with van der Waals surface area (Å²) in [5.41, 5.74) is 0.536. The van der Waals surface area contributed by atoms with Crippen molar-refractivity contribution >= 4 is 17.7 Å². The van der Waals surface area contributed by atoms with Crippen molar-refractivity contribution < 1.29 is 18.3 Å². The summed E-state index contributed by atoms with van der Waals surface area (Å²) in [6, 6.07) is 2.80. The van der Waals surface area contributed by atoms with E-state index in [4.69, 9.17) is 4.74 Å². The Morgan fingerprint density at radius 3 is 2.45 bits per heavy atom. The average Bonchev–Trinajstić information content (AvgIpc) is 2.35. The lowest BCUT2D eigenvalue weighted by Crippen LogP contribution is -2.22. The van der Waals surface area contributed by atoms with Gasteiger partial charge >= 0.3 is 5.97 Å². The fraction of sp³-hybridized carbons (Fsp3) is 0.500. The Morgan fingerprint density at radius 1 is 1.35 bits per heavy atom. The highest BCUT2D eigenvalue weighted by atomic mass is 32.2. The van der Waals surface area contributed by atoms with E-state index in [9.17, 15) is 13.6 Å². The van der Waals surface area contributed by atoms with Crippen LogP contribution in [-0.2, 0) is 16.1 Å². The van der Waals surface area contributed by atoms with Gasteiger partial charge in [-0.15, -0.1) is 11.8 Å². The van der Waals surface area contributed by atoms with E-state index in [2.05, 4.69) is 5.32 Å². The van der Waals surface area contributed by atoms with Gasteiger partial charge in [-0.1, -0.05) is 13.8 Å². The summed E-state index contributed by atoms with van der Waals surface area (Å²) in [4.78, 5) is 11.0. The quantitative estimate of drug-likeness (QED) is 0.620. The topological polar surface area (TPSA) is 38.3 Å². The number of nitrogens with one attached hydrogen (secondary N) is 1. The average molecular weight is 303 g/mol. The second-order valence-corrected chi connectivity index (χ2v) is 5.50.